The average molecular weight is 428 g/mol. The van der Waals surface area contributed by atoms with Gasteiger partial charge >= 0.3 is 0 Å². The topological polar surface area (TPSA) is 183 Å². The van der Waals surface area contributed by atoms with Gasteiger partial charge in [0, 0.05) is 18.7 Å². The minimum atomic E-state index is -0.604. The molecule has 14 heteroatoms. The van der Waals surface area contributed by atoms with E-state index in [0.717, 1.165) is 17.8 Å². The van der Waals surface area contributed by atoms with Crippen LogP contribution >= 0.6 is 0 Å². The molecule has 0 fully saturated rings. The second-order valence-electron chi connectivity index (χ2n) is 6.28. The van der Waals surface area contributed by atoms with Crippen molar-refractivity contribution in [3.63, 3.8) is 0 Å². The molecule has 3 N–H and O–H groups in total. The Bertz CT molecular complexity index is 1080. The summed E-state index contributed by atoms with van der Waals surface area (Å²) in [5.74, 6) is -0.627. The molecule has 1 amide bonds. The first-order valence-electron chi connectivity index (χ1n) is 9.27. The number of nitrogens with one attached hydrogen (secondary N) is 1. The van der Waals surface area contributed by atoms with Crippen LogP contribution in [0.2, 0.25) is 0 Å². The number of nitrogens with zero attached hydrogens (tertiary/aromatic N) is 8. The number of non-ortho nitro benzene ring substituents is 1. The summed E-state index contributed by atoms with van der Waals surface area (Å²) in [5.41, 5.74) is 9.13. The predicted molar refractivity (Wildman–Crippen MR) is 108 cm³/mol. The third kappa shape index (κ3) is 4.87. The van der Waals surface area contributed by atoms with E-state index in [0.29, 0.717) is 17.8 Å². The molecule has 31 heavy (non-hydrogen) atoms. The zero-order valence-corrected chi connectivity index (χ0v) is 16.8. The van der Waals surface area contributed by atoms with Crippen LogP contribution in [-0.2, 0) is 6.54 Å². The van der Waals surface area contributed by atoms with Crippen LogP contribution in [0.3, 0.4) is 0 Å². The number of amides is 1. The van der Waals surface area contributed by atoms with Crippen molar-refractivity contribution in [3.8, 4) is 5.82 Å². The number of benzene rings is 1. The van der Waals surface area contributed by atoms with Crippen molar-refractivity contribution >= 4 is 23.6 Å². The second-order valence-corrected chi connectivity index (χ2v) is 6.28. The third-order valence-corrected chi connectivity index (χ3v) is 4.40. The van der Waals surface area contributed by atoms with E-state index in [9.17, 15) is 14.9 Å². The van der Waals surface area contributed by atoms with E-state index in [1.54, 1.807) is 0 Å². The number of carbonyl (C=O) groups excluding carboxylic acids is 1. The Balaban J connectivity index is 1.84. The van der Waals surface area contributed by atoms with Crippen LogP contribution in [0.4, 0.5) is 11.5 Å². The fourth-order valence-corrected chi connectivity index (χ4v) is 2.69. The van der Waals surface area contributed by atoms with Crippen molar-refractivity contribution < 1.29 is 14.3 Å². The maximum Gasteiger partial charge on any atom is 0.292 e. The Kier molecular flexibility index (Phi) is 6.61. The first-order valence-corrected chi connectivity index (χ1v) is 9.27. The number of rotatable bonds is 9. The van der Waals surface area contributed by atoms with Gasteiger partial charge in [0.2, 0.25) is 11.6 Å². The third-order valence-electron chi connectivity index (χ3n) is 4.40. The molecule has 0 aliphatic rings. The molecule has 0 saturated heterocycles. The Morgan fingerprint density at radius 1 is 1.32 bits per heavy atom. The lowest BCUT2D eigenvalue weighted by atomic mass is 10.2. The van der Waals surface area contributed by atoms with Gasteiger partial charge in [0.05, 0.1) is 11.1 Å². The number of nitrogens with two attached hydrogens (primary N) is 1. The molecule has 2 aromatic heterocycles. The molecule has 14 nitrogen and oxygen atoms in total. The highest BCUT2D eigenvalue weighted by Crippen LogP contribution is 2.17. The number of hydrazone groups is 1. The predicted octanol–water partition coefficient (Wildman–Crippen LogP) is 0.746. The number of aromatic nitrogens is 5. The summed E-state index contributed by atoms with van der Waals surface area (Å²) in [5, 5.41) is 29.9. The van der Waals surface area contributed by atoms with E-state index >= 15 is 0 Å². The van der Waals surface area contributed by atoms with Crippen LogP contribution in [0.1, 0.15) is 35.6 Å². The SMILES string of the molecule is CCN(CC)Cc1nnn(-c2nonc2N)c1C(=O)N/N=C/c1ccc([N+](=O)[O-])cc1. The van der Waals surface area contributed by atoms with Gasteiger partial charge in [0.15, 0.2) is 5.69 Å². The molecule has 0 unspecified atom stereocenters. The van der Waals surface area contributed by atoms with Gasteiger partial charge in [-0.1, -0.05) is 19.1 Å². The fourth-order valence-electron chi connectivity index (χ4n) is 2.69. The number of carbonyl (C=O) groups is 1. The normalized spacial score (nSPS) is 11.3. The van der Waals surface area contributed by atoms with E-state index < -0.39 is 10.8 Å². The number of hydrogen-bond acceptors (Lipinski definition) is 11. The zero-order chi connectivity index (χ0) is 22.4. The molecule has 0 aliphatic heterocycles. The van der Waals surface area contributed by atoms with E-state index in [-0.39, 0.29) is 23.0 Å². The largest absolute Gasteiger partial charge is 0.378 e. The summed E-state index contributed by atoms with van der Waals surface area (Å²) in [6.45, 7) is 5.84. The summed E-state index contributed by atoms with van der Waals surface area (Å²) in [6.07, 6.45) is 1.35. The molecule has 1 aromatic carbocycles. The van der Waals surface area contributed by atoms with Gasteiger partial charge < -0.3 is 5.73 Å². The number of nitro benzene ring substituents is 1. The van der Waals surface area contributed by atoms with Gasteiger partial charge in [0.1, 0.15) is 5.69 Å². The average Bonchev–Trinajstić information content (AvgIpc) is 3.37. The Hall–Kier alpha value is -4.20. The van der Waals surface area contributed by atoms with Crippen LogP contribution in [0, 0.1) is 10.1 Å². The van der Waals surface area contributed by atoms with Crippen LogP contribution < -0.4 is 11.2 Å². The van der Waals surface area contributed by atoms with E-state index in [4.69, 9.17) is 5.73 Å². The van der Waals surface area contributed by atoms with Crippen LogP contribution in [0.5, 0.6) is 0 Å². The number of anilines is 1. The van der Waals surface area contributed by atoms with Gasteiger partial charge in [-0.25, -0.2) is 10.1 Å². The number of nitro groups is 1. The van der Waals surface area contributed by atoms with Gasteiger partial charge in [-0.05, 0) is 41.1 Å². The zero-order valence-electron chi connectivity index (χ0n) is 16.8. The standard InChI is InChI=1S/C17H20N10O4/c1-3-25(4-2)10-13-14(26(24-20-13)16-15(18)22-31-23-16)17(28)21-19-9-11-5-7-12(8-6-11)27(29)30/h5-9H,3-4,10H2,1-2H3,(H2,18,22)(H,21,28)/b19-9+. The van der Waals surface area contributed by atoms with Gasteiger partial charge in [-0.2, -0.15) is 9.78 Å². The smallest absolute Gasteiger partial charge is 0.292 e. The summed E-state index contributed by atoms with van der Waals surface area (Å²) in [6, 6.07) is 5.69. The maximum absolute atomic E-state index is 12.9. The van der Waals surface area contributed by atoms with Crippen LogP contribution in [-0.4, -0.2) is 60.3 Å². The molecule has 0 radical (unpaired) electrons. The highest BCUT2D eigenvalue weighted by molar-refractivity contribution is 5.95. The van der Waals surface area contributed by atoms with Crippen molar-refractivity contribution in [3.05, 3.63) is 51.3 Å². The Morgan fingerprint density at radius 2 is 2.03 bits per heavy atom. The van der Waals surface area contributed by atoms with Gasteiger partial charge in [0.25, 0.3) is 11.6 Å². The minimum absolute atomic E-state index is 0.0304. The first kappa shape index (κ1) is 21.5. The lowest BCUT2D eigenvalue weighted by molar-refractivity contribution is -0.384. The summed E-state index contributed by atoms with van der Waals surface area (Å²) in [4.78, 5) is 25.2. The van der Waals surface area contributed by atoms with Gasteiger partial charge in [-0.15, -0.1) is 5.10 Å². The summed E-state index contributed by atoms with van der Waals surface area (Å²) in [7, 11) is 0. The lowest BCUT2D eigenvalue weighted by Gasteiger charge is -2.16. The molecule has 3 rings (SSSR count). The van der Waals surface area contributed by atoms with Crippen LogP contribution in [0.15, 0.2) is 34.0 Å². The maximum atomic E-state index is 12.9. The first-order chi connectivity index (χ1) is 14.9. The molecule has 0 saturated carbocycles. The van der Waals surface area contributed by atoms with Crippen molar-refractivity contribution in [2.45, 2.75) is 20.4 Å². The quantitative estimate of drug-likeness (QED) is 0.280. The van der Waals surface area contributed by atoms with Crippen molar-refractivity contribution in [1.82, 2.24) is 35.6 Å². The molecule has 2 heterocycles. The minimum Gasteiger partial charge on any atom is -0.378 e. The van der Waals surface area contributed by atoms with E-state index in [1.807, 2.05) is 13.8 Å². The lowest BCUT2D eigenvalue weighted by Crippen LogP contribution is -2.27. The van der Waals surface area contributed by atoms with Crippen molar-refractivity contribution in [2.24, 2.45) is 5.10 Å². The summed E-state index contributed by atoms with van der Waals surface area (Å²) < 4.78 is 5.74. The van der Waals surface area contributed by atoms with Crippen molar-refractivity contribution in [1.29, 1.82) is 0 Å². The second kappa shape index (κ2) is 9.53. The van der Waals surface area contributed by atoms with Crippen molar-refractivity contribution in [2.75, 3.05) is 18.8 Å². The fraction of sp³-hybridized carbons (Fsp3) is 0.294. The monoisotopic (exact) mass is 428 g/mol. The highest BCUT2D eigenvalue weighted by Gasteiger charge is 2.25. The van der Waals surface area contributed by atoms with E-state index in [2.05, 4.69) is 40.7 Å². The molecule has 3 aromatic rings. The summed E-state index contributed by atoms with van der Waals surface area (Å²) >= 11 is 0. The molecular formula is C17H20N10O4. The highest BCUT2D eigenvalue weighted by atomic mass is 16.6. The van der Waals surface area contributed by atoms with Crippen LogP contribution in [0.25, 0.3) is 5.82 Å². The molecule has 0 atom stereocenters. The number of hydrogen-bond donors (Lipinski definition) is 2. The van der Waals surface area contributed by atoms with E-state index in [1.165, 1.54) is 30.5 Å². The molecule has 0 aliphatic carbocycles. The Labute approximate surface area is 175 Å². The molecule has 0 bridgehead atoms. The molecule has 162 valence electrons. The molecular weight excluding hydrogens is 408 g/mol. The Morgan fingerprint density at radius 3 is 2.61 bits per heavy atom. The molecule has 0 spiro atoms. The van der Waals surface area contributed by atoms with Gasteiger partial charge in [-0.3, -0.25) is 19.8 Å². The number of nitrogen functional groups attached to an aromatic ring is 1.